The zero-order valence-corrected chi connectivity index (χ0v) is 9.04. The van der Waals surface area contributed by atoms with Crippen LogP contribution in [0.4, 0.5) is 0 Å². The Kier molecular flexibility index (Phi) is 6.60. The first-order chi connectivity index (χ1) is 4.35. The minimum atomic E-state index is -1.19. The van der Waals surface area contributed by atoms with Crippen LogP contribution in [-0.4, -0.2) is 19.8 Å². The van der Waals surface area contributed by atoms with Crippen LogP contribution in [0, 0.1) is 0 Å². The Balaban J connectivity index is 3.30. The van der Waals surface area contributed by atoms with Gasteiger partial charge in [-0.2, -0.15) is 0 Å². The fourth-order valence-corrected chi connectivity index (χ4v) is 4.48. The van der Waals surface area contributed by atoms with Crippen LogP contribution >= 0.6 is 0 Å². The van der Waals surface area contributed by atoms with E-state index >= 15 is 0 Å². The zero-order chi connectivity index (χ0) is 7.11. The average Bonchev–Trinajstić information content (AvgIpc) is 1.91. The summed E-state index contributed by atoms with van der Waals surface area (Å²) < 4.78 is 5.72. The Hall–Kier alpha value is 0.279. The van der Waals surface area contributed by atoms with Crippen molar-refractivity contribution in [2.45, 2.75) is 24.2 Å². The summed E-state index contributed by atoms with van der Waals surface area (Å²) >= 11 is -1.19. The molecule has 0 aliphatic carbocycles. The van der Waals surface area contributed by atoms with E-state index in [1.807, 2.05) is 0 Å². The summed E-state index contributed by atoms with van der Waals surface area (Å²) in [4.78, 5) is 0. The molecular weight excluding hydrogens is 215 g/mol. The summed E-state index contributed by atoms with van der Waals surface area (Å²) in [5.74, 6) is 0. The van der Waals surface area contributed by atoms with Crippen LogP contribution in [0.3, 0.4) is 0 Å². The SMILES string of the molecule is C=[CH][Sn+]([CH]=C)[CH2]CCC. The van der Waals surface area contributed by atoms with Gasteiger partial charge in [0.1, 0.15) is 0 Å². The molecule has 0 amide bonds. The van der Waals surface area contributed by atoms with Crippen molar-refractivity contribution in [3.63, 3.8) is 0 Å². The average molecular weight is 230 g/mol. The van der Waals surface area contributed by atoms with Gasteiger partial charge in [0, 0.05) is 0 Å². The van der Waals surface area contributed by atoms with Crippen LogP contribution in [0.25, 0.3) is 0 Å². The van der Waals surface area contributed by atoms with Gasteiger partial charge in [0.25, 0.3) is 0 Å². The Morgan fingerprint density at radius 1 is 1.33 bits per heavy atom. The van der Waals surface area contributed by atoms with Crippen LogP contribution in [0.1, 0.15) is 19.8 Å². The Labute approximate surface area is 65.4 Å². The summed E-state index contributed by atoms with van der Waals surface area (Å²) in [5.41, 5.74) is 0. The van der Waals surface area contributed by atoms with Crippen molar-refractivity contribution in [1.29, 1.82) is 0 Å². The third-order valence-electron chi connectivity index (χ3n) is 1.34. The summed E-state index contributed by atoms with van der Waals surface area (Å²) in [6.45, 7) is 9.83. The van der Waals surface area contributed by atoms with E-state index in [9.17, 15) is 0 Å². The van der Waals surface area contributed by atoms with Gasteiger partial charge >= 0.3 is 65.3 Å². The van der Waals surface area contributed by atoms with Crippen LogP contribution in [0.2, 0.25) is 4.44 Å². The molecule has 0 unspecified atom stereocenters. The number of rotatable bonds is 5. The molecule has 0 radical (unpaired) electrons. The summed E-state index contributed by atoms with van der Waals surface area (Å²) in [6.07, 6.45) is 2.68. The molecular formula is C8H15Sn+. The first-order valence-electron chi connectivity index (χ1n) is 3.45. The Morgan fingerprint density at radius 2 is 1.89 bits per heavy atom. The third-order valence-corrected chi connectivity index (χ3v) is 6.99. The van der Waals surface area contributed by atoms with E-state index in [1.165, 1.54) is 17.3 Å². The van der Waals surface area contributed by atoms with Crippen molar-refractivity contribution in [2.24, 2.45) is 0 Å². The van der Waals surface area contributed by atoms with Crippen LogP contribution < -0.4 is 0 Å². The summed E-state index contributed by atoms with van der Waals surface area (Å²) in [6, 6.07) is 0. The molecule has 0 heterocycles. The number of hydrogen-bond donors (Lipinski definition) is 0. The van der Waals surface area contributed by atoms with E-state index < -0.39 is 19.8 Å². The van der Waals surface area contributed by atoms with Gasteiger partial charge in [-0.3, -0.25) is 0 Å². The summed E-state index contributed by atoms with van der Waals surface area (Å²) in [5, 5.41) is 0. The monoisotopic (exact) mass is 231 g/mol. The molecule has 0 saturated heterocycles. The second kappa shape index (κ2) is 6.40. The molecule has 0 aliphatic rings. The first-order valence-corrected chi connectivity index (χ1v) is 8.77. The van der Waals surface area contributed by atoms with E-state index in [4.69, 9.17) is 0 Å². The van der Waals surface area contributed by atoms with Crippen LogP contribution in [0.15, 0.2) is 21.3 Å². The molecule has 50 valence electrons. The zero-order valence-electron chi connectivity index (χ0n) is 6.19. The molecule has 0 fully saturated rings. The molecule has 0 bridgehead atoms. The predicted molar refractivity (Wildman–Crippen MR) is 45.9 cm³/mol. The van der Waals surface area contributed by atoms with Gasteiger partial charge in [-0.05, 0) is 0 Å². The van der Waals surface area contributed by atoms with E-state index in [1.54, 1.807) is 0 Å². The van der Waals surface area contributed by atoms with Gasteiger partial charge in [-0.25, -0.2) is 0 Å². The minimum absolute atomic E-state index is 1.19. The fourth-order valence-electron chi connectivity index (χ4n) is 0.668. The van der Waals surface area contributed by atoms with Crippen molar-refractivity contribution in [3.05, 3.63) is 21.3 Å². The fraction of sp³-hybridized carbons (Fsp3) is 0.500. The van der Waals surface area contributed by atoms with Gasteiger partial charge in [-0.15, -0.1) is 0 Å². The molecule has 0 atom stereocenters. The second-order valence-corrected chi connectivity index (χ2v) is 9.13. The van der Waals surface area contributed by atoms with E-state index in [2.05, 4.69) is 28.3 Å². The molecule has 0 aromatic carbocycles. The van der Waals surface area contributed by atoms with E-state index in [0.29, 0.717) is 0 Å². The van der Waals surface area contributed by atoms with Crippen molar-refractivity contribution in [3.8, 4) is 0 Å². The maximum absolute atomic E-state index is 3.80. The molecule has 1 heteroatoms. The van der Waals surface area contributed by atoms with E-state index in [0.717, 1.165) is 0 Å². The molecule has 0 aromatic rings. The molecule has 0 N–H and O–H groups in total. The predicted octanol–water partition coefficient (Wildman–Crippen LogP) is 2.73. The van der Waals surface area contributed by atoms with Gasteiger partial charge < -0.3 is 0 Å². The molecule has 0 aliphatic heterocycles. The van der Waals surface area contributed by atoms with Crippen LogP contribution in [0.5, 0.6) is 0 Å². The Morgan fingerprint density at radius 3 is 2.22 bits per heavy atom. The normalized spacial score (nSPS) is 8.56. The van der Waals surface area contributed by atoms with Crippen molar-refractivity contribution >= 4 is 19.8 Å². The molecule has 0 nitrogen and oxygen atoms in total. The van der Waals surface area contributed by atoms with Crippen molar-refractivity contribution in [2.75, 3.05) is 0 Å². The van der Waals surface area contributed by atoms with E-state index in [-0.39, 0.29) is 0 Å². The second-order valence-electron chi connectivity index (χ2n) is 2.09. The van der Waals surface area contributed by atoms with Gasteiger partial charge in [0.2, 0.25) is 0 Å². The Bertz CT molecular complexity index is 78.6. The third kappa shape index (κ3) is 4.76. The summed E-state index contributed by atoms with van der Waals surface area (Å²) in [7, 11) is 0. The first kappa shape index (κ1) is 9.28. The number of unbranched alkanes of at least 4 members (excludes halogenated alkanes) is 1. The molecule has 0 aromatic heterocycles. The quantitative estimate of drug-likeness (QED) is 0.637. The van der Waals surface area contributed by atoms with Crippen molar-refractivity contribution < 1.29 is 0 Å². The molecule has 0 spiro atoms. The topological polar surface area (TPSA) is 0 Å². The van der Waals surface area contributed by atoms with Gasteiger partial charge in [-0.1, -0.05) is 0 Å². The molecule has 9 heavy (non-hydrogen) atoms. The van der Waals surface area contributed by atoms with Gasteiger partial charge in [0.15, 0.2) is 0 Å². The standard InChI is InChI=1S/C4H9.2C2H3.Sn/c1-3-4-2;2*1-2;/h1,3-4H2,2H3;2*1H,2H2;/q;;;+1. The van der Waals surface area contributed by atoms with Crippen molar-refractivity contribution in [1.82, 2.24) is 0 Å². The van der Waals surface area contributed by atoms with Crippen LogP contribution in [-0.2, 0) is 0 Å². The number of hydrogen-bond acceptors (Lipinski definition) is 0. The van der Waals surface area contributed by atoms with Gasteiger partial charge in [0.05, 0.1) is 0 Å². The maximum atomic E-state index is 3.80. The molecule has 0 rings (SSSR count). The molecule has 0 saturated carbocycles.